The highest BCUT2D eigenvalue weighted by molar-refractivity contribution is 7.99. The third-order valence-corrected chi connectivity index (χ3v) is 5.91. The molecule has 1 amide bonds. The zero-order valence-electron chi connectivity index (χ0n) is 15.6. The Morgan fingerprint density at radius 3 is 2.54 bits per heavy atom. The molecule has 2 aromatic rings. The van der Waals surface area contributed by atoms with E-state index in [-0.39, 0.29) is 5.91 Å². The number of nitrogens with one attached hydrogen (secondary N) is 1. The summed E-state index contributed by atoms with van der Waals surface area (Å²) >= 11 is 1.42. The van der Waals surface area contributed by atoms with Crippen LogP contribution in [0.25, 0.3) is 0 Å². The van der Waals surface area contributed by atoms with Gasteiger partial charge in [0.2, 0.25) is 11.1 Å². The van der Waals surface area contributed by atoms with Crippen LogP contribution in [0.4, 0.5) is 5.69 Å². The van der Waals surface area contributed by atoms with Gasteiger partial charge in [-0.3, -0.25) is 4.79 Å². The number of hydrogen-bond acceptors (Lipinski definition) is 5. The lowest BCUT2D eigenvalue weighted by Crippen LogP contribution is -2.18. The van der Waals surface area contributed by atoms with Gasteiger partial charge in [0.1, 0.15) is 0 Å². The van der Waals surface area contributed by atoms with Crippen LogP contribution >= 0.6 is 11.8 Å². The largest absolute Gasteiger partial charge is 0.325 e. The lowest BCUT2D eigenvalue weighted by molar-refractivity contribution is -0.113. The molecule has 26 heavy (non-hydrogen) atoms. The molecule has 6 nitrogen and oxygen atoms in total. The van der Waals surface area contributed by atoms with E-state index in [1.165, 1.54) is 42.2 Å². The van der Waals surface area contributed by atoms with Crippen LogP contribution in [-0.4, -0.2) is 31.9 Å². The predicted octanol–water partition coefficient (Wildman–Crippen LogP) is 4.03. The number of carbonyl (C=O) groups is 1. The minimum Gasteiger partial charge on any atom is -0.325 e. The number of thioether (sulfide) groups is 1. The molecular formula is C19H27N5OS. The summed E-state index contributed by atoms with van der Waals surface area (Å²) in [7, 11) is 0. The Hall–Kier alpha value is -1.89. The number of aryl methyl sites for hydroxylation is 2. The fraction of sp³-hybridized carbons (Fsp3) is 0.579. The van der Waals surface area contributed by atoms with Crippen molar-refractivity contribution in [3.05, 3.63) is 29.3 Å². The molecule has 1 aliphatic rings. The van der Waals surface area contributed by atoms with Gasteiger partial charge in [-0.1, -0.05) is 63.1 Å². The van der Waals surface area contributed by atoms with Crippen molar-refractivity contribution in [2.24, 2.45) is 0 Å². The van der Waals surface area contributed by atoms with Gasteiger partial charge in [0.15, 0.2) is 0 Å². The maximum Gasteiger partial charge on any atom is 0.234 e. The van der Waals surface area contributed by atoms with Crippen molar-refractivity contribution < 1.29 is 4.79 Å². The number of tetrazole rings is 1. The van der Waals surface area contributed by atoms with Crippen molar-refractivity contribution in [1.29, 1.82) is 0 Å². The van der Waals surface area contributed by atoms with E-state index in [2.05, 4.69) is 52.9 Å². The first kappa shape index (κ1) is 18.9. The second-order valence-corrected chi connectivity index (χ2v) is 7.64. The van der Waals surface area contributed by atoms with Crippen LogP contribution in [0.2, 0.25) is 0 Å². The summed E-state index contributed by atoms with van der Waals surface area (Å²) < 4.78 is 1.91. The maximum atomic E-state index is 12.5. The smallest absolute Gasteiger partial charge is 0.234 e. The van der Waals surface area contributed by atoms with Crippen molar-refractivity contribution >= 4 is 23.4 Å². The fourth-order valence-electron chi connectivity index (χ4n) is 3.54. The molecule has 0 saturated heterocycles. The zero-order valence-corrected chi connectivity index (χ0v) is 16.4. The van der Waals surface area contributed by atoms with Crippen molar-refractivity contribution in [3.8, 4) is 0 Å². The van der Waals surface area contributed by atoms with Gasteiger partial charge in [0.25, 0.3) is 0 Å². The van der Waals surface area contributed by atoms with E-state index in [0.29, 0.717) is 11.8 Å². The molecule has 0 unspecified atom stereocenters. The summed E-state index contributed by atoms with van der Waals surface area (Å²) in [6.07, 6.45) is 7.78. The molecule has 140 valence electrons. The highest BCUT2D eigenvalue weighted by atomic mass is 32.2. The molecule has 0 atom stereocenters. The Kier molecular flexibility index (Phi) is 6.66. The molecule has 7 heteroatoms. The van der Waals surface area contributed by atoms with Crippen LogP contribution in [0.3, 0.4) is 0 Å². The molecule has 0 spiro atoms. The normalized spacial score (nSPS) is 15.2. The van der Waals surface area contributed by atoms with Crippen molar-refractivity contribution in [1.82, 2.24) is 20.2 Å². The van der Waals surface area contributed by atoms with Gasteiger partial charge < -0.3 is 5.32 Å². The molecule has 1 heterocycles. The predicted molar refractivity (Wildman–Crippen MR) is 104 cm³/mol. The average molecular weight is 374 g/mol. The minimum atomic E-state index is -0.0104. The van der Waals surface area contributed by atoms with Crippen molar-refractivity contribution in [2.75, 3.05) is 11.1 Å². The molecule has 1 N–H and O–H groups in total. The zero-order chi connectivity index (χ0) is 18.4. The minimum absolute atomic E-state index is 0.0104. The lowest BCUT2D eigenvalue weighted by atomic mass is 9.96. The molecule has 0 bridgehead atoms. The molecule has 1 fully saturated rings. The van der Waals surface area contributed by atoms with E-state index in [1.54, 1.807) is 0 Å². The first-order valence-corrected chi connectivity index (χ1v) is 10.5. The number of hydrogen-bond donors (Lipinski definition) is 1. The third-order valence-electron chi connectivity index (χ3n) is 4.98. The van der Waals surface area contributed by atoms with E-state index in [9.17, 15) is 4.79 Å². The van der Waals surface area contributed by atoms with Gasteiger partial charge in [-0.05, 0) is 47.2 Å². The number of benzene rings is 1. The number of anilines is 1. The Balaban J connectivity index is 1.63. The van der Waals surface area contributed by atoms with E-state index in [1.807, 2.05) is 4.68 Å². The SMILES string of the molecule is CCc1cccc(CC)c1NC(=O)CSc1nnnn1C1CCCCC1. The second kappa shape index (κ2) is 9.16. The van der Waals surface area contributed by atoms with Crippen molar-refractivity contribution in [2.45, 2.75) is 70.0 Å². The molecular weight excluding hydrogens is 346 g/mol. The van der Waals surface area contributed by atoms with Gasteiger partial charge in [-0.15, -0.1) is 5.10 Å². The fourth-order valence-corrected chi connectivity index (χ4v) is 4.29. The Morgan fingerprint density at radius 1 is 1.19 bits per heavy atom. The summed E-state index contributed by atoms with van der Waals surface area (Å²) in [5.41, 5.74) is 3.32. The molecule has 3 rings (SSSR count). The monoisotopic (exact) mass is 373 g/mol. The van der Waals surface area contributed by atoms with Gasteiger partial charge in [-0.2, -0.15) is 0 Å². The summed E-state index contributed by atoms with van der Waals surface area (Å²) in [5, 5.41) is 16.0. The number of amides is 1. The summed E-state index contributed by atoms with van der Waals surface area (Å²) in [5.74, 6) is 0.303. The van der Waals surface area contributed by atoms with Crippen LogP contribution in [0.5, 0.6) is 0 Å². The van der Waals surface area contributed by atoms with Crippen molar-refractivity contribution in [3.63, 3.8) is 0 Å². The van der Waals surface area contributed by atoms with E-state index >= 15 is 0 Å². The number of aromatic nitrogens is 4. The molecule has 1 aromatic carbocycles. The number of nitrogens with zero attached hydrogens (tertiary/aromatic N) is 4. The molecule has 1 aliphatic carbocycles. The third kappa shape index (κ3) is 4.44. The quantitative estimate of drug-likeness (QED) is 0.742. The Labute approximate surface area is 159 Å². The van der Waals surface area contributed by atoms with E-state index in [0.717, 1.165) is 36.5 Å². The van der Waals surface area contributed by atoms with Crippen LogP contribution in [-0.2, 0) is 17.6 Å². The topological polar surface area (TPSA) is 72.7 Å². The molecule has 0 aliphatic heterocycles. The van der Waals surface area contributed by atoms with Crippen LogP contribution in [0.1, 0.15) is 63.1 Å². The summed E-state index contributed by atoms with van der Waals surface area (Å²) in [6, 6.07) is 6.58. The summed E-state index contributed by atoms with van der Waals surface area (Å²) in [4.78, 5) is 12.5. The molecule has 1 aromatic heterocycles. The number of para-hydroxylation sites is 1. The van der Waals surface area contributed by atoms with Gasteiger partial charge in [-0.25, -0.2) is 4.68 Å². The number of rotatable bonds is 7. The lowest BCUT2D eigenvalue weighted by Gasteiger charge is -2.22. The maximum absolute atomic E-state index is 12.5. The van der Waals surface area contributed by atoms with Gasteiger partial charge >= 0.3 is 0 Å². The molecule has 1 saturated carbocycles. The number of carbonyl (C=O) groups excluding carboxylic acids is 1. The first-order chi connectivity index (χ1) is 12.7. The highest BCUT2D eigenvalue weighted by Gasteiger charge is 2.21. The van der Waals surface area contributed by atoms with Gasteiger partial charge in [0.05, 0.1) is 11.8 Å². The van der Waals surface area contributed by atoms with E-state index in [4.69, 9.17) is 0 Å². The van der Waals surface area contributed by atoms with Crippen LogP contribution in [0.15, 0.2) is 23.4 Å². The Morgan fingerprint density at radius 2 is 1.88 bits per heavy atom. The summed E-state index contributed by atoms with van der Waals surface area (Å²) in [6.45, 7) is 4.22. The second-order valence-electron chi connectivity index (χ2n) is 6.69. The van der Waals surface area contributed by atoms with Crippen LogP contribution in [0, 0.1) is 0 Å². The average Bonchev–Trinajstić information content (AvgIpc) is 3.16. The Bertz CT molecular complexity index is 717. The standard InChI is InChI=1S/C19H27N5OS/c1-3-14-9-8-10-15(4-2)18(14)20-17(25)13-26-19-21-22-23-24(19)16-11-6-5-7-12-16/h8-10,16H,3-7,11-13H2,1-2H3,(H,20,25). The first-order valence-electron chi connectivity index (χ1n) is 9.54. The highest BCUT2D eigenvalue weighted by Crippen LogP contribution is 2.30. The van der Waals surface area contributed by atoms with Gasteiger partial charge in [0, 0.05) is 5.69 Å². The van der Waals surface area contributed by atoms with Crippen LogP contribution < -0.4 is 5.32 Å². The van der Waals surface area contributed by atoms with E-state index < -0.39 is 0 Å². The molecule has 0 radical (unpaired) electrons.